The van der Waals surface area contributed by atoms with Gasteiger partial charge in [0.05, 0.1) is 0 Å². The molecule has 0 aromatic carbocycles. The molecule has 1 aliphatic heterocycles. The predicted molar refractivity (Wildman–Crippen MR) is 45.5 cm³/mol. The van der Waals surface area contributed by atoms with Crippen molar-refractivity contribution in [2.24, 2.45) is 5.92 Å². The molecule has 0 amide bonds. The zero-order valence-electron chi connectivity index (χ0n) is 6.60. The van der Waals surface area contributed by atoms with E-state index >= 15 is 0 Å². The lowest BCUT2D eigenvalue weighted by molar-refractivity contribution is 0.322. The molecule has 0 N–H and O–H groups in total. The molecular weight excluding hydrogens is 136 g/mol. The summed E-state index contributed by atoms with van der Waals surface area (Å²) in [7, 11) is 1.33. The second kappa shape index (κ2) is 3.08. The van der Waals surface area contributed by atoms with Crippen LogP contribution in [0.5, 0.6) is 0 Å². The van der Waals surface area contributed by atoms with Crippen molar-refractivity contribution in [2.45, 2.75) is 50.1 Å². The van der Waals surface area contributed by atoms with Crippen molar-refractivity contribution in [3.8, 4) is 0 Å². The molecule has 1 saturated heterocycles. The smallest absolute Gasteiger partial charge is 0.0416 e. The Hall–Kier alpha value is 0.217. The molecule has 2 aliphatic rings. The lowest BCUT2D eigenvalue weighted by atomic mass is 9.85. The number of rotatable bonds is 0. The van der Waals surface area contributed by atoms with E-state index in [9.17, 15) is 0 Å². The molecule has 0 aromatic rings. The molecule has 1 saturated carbocycles. The van der Waals surface area contributed by atoms with Gasteiger partial charge in [-0.05, 0) is 11.5 Å². The largest absolute Gasteiger partial charge is 0.0610 e. The molecule has 0 aromatic heterocycles. The maximum Gasteiger partial charge on any atom is 0.0416 e. The van der Waals surface area contributed by atoms with E-state index in [1.807, 2.05) is 0 Å². The molecule has 1 heteroatoms. The summed E-state index contributed by atoms with van der Waals surface area (Å²) < 4.78 is 0. The summed E-state index contributed by atoms with van der Waals surface area (Å²) >= 11 is 0. The van der Waals surface area contributed by atoms with Crippen molar-refractivity contribution in [2.75, 3.05) is 0 Å². The van der Waals surface area contributed by atoms with Crippen molar-refractivity contribution >= 4 is 9.52 Å². The minimum atomic E-state index is 1.17. The van der Waals surface area contributed by atoms with Gasteiger partial charge in [-0.3, -0.25) is 0 Å². The van der Waals surface area contributed by atoms with Crippen molar-refractivity contribution in [1.29, 1.82) is 0 Å². The molecule has 2 atom stereocenters. The summed E-state index contributed by atoms with van der Waals surface area (Å²) in [5.74, 6) is 1.17. The van der Waals surface area contributed by atoms with E-state index in [0.717, 1.165) is 0 Å². The fourth-order valence-corrected chi connectivity index (χ4v) is 4.33. The second-order valence-electron chi connectivity index (χ2n) is 3.75. The van der Waals surface area contributed by atoms with Gasteiger partial charge in [-0.25, -0.2) is 0 Å². The molecule has 56 valence electrons. The summed E-state index contributed by atoms with van der Waals surface area (Å²) in [6.45, 7) is 0. The molecule has 0 nitrogen and oxygen atoms in total. The van der Waals surface area contributed by atoms with Gasteiger partial charge in [0.2, 0.25) is 0 Å². The molecule has 0 bridgehead atoms. The quantitative estimate of drug-likeness (QED) is 0.468. The van der Waals surface area contributed by atoms with Gasteiger partial charge in [-0.1, -0.05) is 44.6 Å². The van der Waals surface area contributed by atoms with Crippen molar-refractivity contribution in [3.05, 3.63) is 0 Å². The highest BCUT2D eigenvalue weighted by Crippen LogP contribution is 2.40. The summed E-state index contributed by atoms with van der Waals surface area (Å²) in [4.78, 5) is 0. The Morgan fingerprint density at radius 2 is 1.70 bits per heavy atom. The number of hydrogen-bond donors (Lipinski definition) is 0. The predicted octanol–water partition coefficient (Wildman–Crippen LogP) is 2.88. The summed E-state index contributed by atoms with van der Waals surface area (Å²) in [5, 5.41) is 0. The Balaban J connectivity index is 1.93. The van der Waals surface area contributed by atoms with Gasteiger partial charge in [-0.15, -0.1) is 0 Å². The molecule has 2 fully saturated rings. The molecular formula is C9H16Si. The van der Waals surface area contributed by atoms with Crippen molar-refractivity contribution in [1.82, 2.24) is 0 Å². The Labute approximate surface area is 66.2 Å². The number of hydrogen-bond acceptors (Lipinski definition) is 0. The topological polar surface area (TPSA) is 0 Å². The van der Waals surface area contributed by atoms with Gasteiger partial charge in [-0.2, -0.15) is 0 Å². The van der Waals surface area contributed by atoms with Gasteiger partial charge in [0.15, 0.2) is 0 Å². The van der Waals surface area contributed by atoms with E-state index in [-0.39, 0.29) is 0 Å². The minimum absolute atomic E-state index is 1.17. The lowest BCUT2D eigenvalue weighted by Gasteiger charge is -2.34. The third-order valence-electron chi connectivity index (χ3n) is 3.07. The highest BCUT2D eigenvalue weighted by Gasteiger charge is 2.27. The van der Waals surface area contributed by atoms with Crippen LogP contribution in [-0.4, -0.2) is 9.52 Å². The van der Waals surface area contributed by atoms with Crippen LogP contribution in [0.15, 0.2) is 0 Å². The molecule has 0 spiro atoms. The van der Waals surface area contributed by atoms with E-state index in [0.29, 0.717) is 0 Å². The Morgan fingerprint density at radius 3 is 2.60 bits per heavy atom. The Morgan fingerprint density at radius 1 is 0.900 bits per heavy atom. The summed E-state index contributed by atoms with van der Waals surface area (Å²) in [6, 6.07) is 1.56. The fourth-order valence-electron chi connectivity index (χ4n) is 2.47. The van der Waals surface area contributed by atoms with Crippen molar-refractivity contribution < 1.29 is 0 Å². The Bertz CT molecular complexity index is 85.3. The second-order valence-corrected chi connectivity index (χ2v) is 5.40. The van der Waals surface area contributed by atoms with Crippen LogP contribution in [0.3, 0.4) is 0 Å². The van der Waals surface area contributed by atoms with Crippen LogP contribution >= 0.6 is 0 Å². The number of fused-ring (bicyclic) bond motifs is 1. The Kier molecular flexibility index (Phi) is 2.12. The van der Waals surface area contributed by atoms with Gasteiger partial charge >= 0.3 is 0 Å². The summed E-state index contributed by atoms with van der Waals surface area (Å²) in [6.07, 6.45) is 9.32. The van der Waals surface area contributed by atoms with Gasteiger partial charge in [0.1, 0.15) is 0 Å². The first-order chi connectivity index (χ1) is 4.97. The van der Waals surface area contributed by atoms with Crippen LogP contribution < -0.4 is 0 Å². The van der Waals surface area contributed by atoms with Crippen LogP contribution in [0.25, 0.3) is 0 Å². The first kappa shape index (κ1) is 6.90. The van der Waals surface area contributed by atoms with E-state index < -0.39 is 0 Å². The average Bonchev–Trinajstić information content (AvgIpc) is 2.05. The van der Waals surface area contributed by atoms with E-state index in [2.05, 4.69) is 0 Å². The molecule has 10 heavy (non-hydrogen) atoms. The molecule has 2 unspecified atom stereocenters. The SMILES string of the molecule is C1CCC2[Si]CCCC2C1. The molecule has 1 aliphatic carbocycles. The summed E-state index contributed by atoms with van der Waals surface area (Å²) in [5.41, 5.74) is 1.18. The van der Waals surface area contributed by atoms with Crippen LogP contribution in [-0.2, 0) is 0 Å². The average molecular weight is 152 g/mol. The standard InChI is InChI=1S/C9H16Si/c1-2-6-9-8(4-1)5-3-7-10-9/h8-9H,1-7H2. The fraction of sp³-hybridized carbons (Fsp3) is 1.00. The zero-order chi connectivity index (χ0) is 6.81. The van der Waals surface area contributed by atoms with Crippen LogP contribution in [0.4, 0.5) is 0 Å². The van der Waals surface area contributed by atoms with Gasteiger partial charge in [0.25, 0.3) is 0 Å². The van der Waals surface area contributed by atoms with Crippen LogP contribution in [0, 0.1) is 5.92 Å². The molecule has 2 rings (SSSR count). The van der Waals surface area contributed by atoms with Crippen LogP contribution in [0.1, 0.15) is 38.5 Å². The first-order valence-corrected chi connectivity index (χ1v) is 5.98. The highest BCUT2D eigenvalue weighted by molar-refractivity contribution is 6.38. The molecule has 1 heterocycles. The first-order valence-electron chi connectivity index (χ1n) is 4.70. The van der Waals surface area contributed by atoms with Crippen molar-refractivity contribution in [3.63, 3.8) is 0 Å². The maximum absolute atomic E-state index is 1.57. The molecule has 2 radical (unpaired) electrons. The normalized spacial score (nSPS) is 40.8. The maximum atomic E-state index is 1.57. The third-order valence-corrected chi connectivity index (χ3v) is 4.99. The third kappa shape index (κ3) is 1.29. The van der Waals surface area contributed by atoms with E-state index in [4.69, 9.17) is 0 Å². The van der Waals surface area contributed by atoms with E-state index in [1.54, 1.807) is 31.7 Å². The van der Waals surface area contributed by atoms with Gasteiger partial charge in [0, 0.05) is 9.52 Å². The minimum Gasteiger partial charge on any atom is -0.0610 e. The van der Waals surface area contributed by atoms with E-state index in [1.165, 1.54) is 33.8 Å². The monoisotopic (exact) mass is 152 g/mol. The lowest BCUT2D eigenvalue weighted by Crippen LogP contribution is -2.23. The van der Waals surface area contributed by atoms with Crippen LogP contribution in [0.2, 0.25) is 11.6 Å². The zero-order valence-corrected chi connectivity index (χ0v) is 7.60. The highest BCUT2D eigenvalue weighted by atomic mass is 28.2. The van der Waals surface area contributed by atoms with Gasteiger partial charge < -0.3 is 0 Å².